The van der Waals surface area contributed by atoms with E-state index in [1.807, 2.05) is 67.3 Å². The molecular formula is C26H35N3O3. The third-order valence-corrected chi connectivity index (χ3v) is 6.17. The summed E-state index contributed by atoms with van der Waals surface area (Å²) in [6, 6.07) is 15.2. The number of aryl methyl sites for hydroxylation is 1. The summed E-state index contributed by atoms with van der Waals surface area (Å²) in [7, 11) is 1.65. The second kappa shape index (κ2) is 11.6. The van der Waals surface area contributed by atoms with Crippen molar-refractivity contribution in [2.24, 2.45) is 5.92 Å². The van der Waals surface area contributed by atoms with Gasteiger partial charge in [-0.1, -0.05) is 30.5 Å². The van der Waals surface area contributed by atoms with E-state index in [1.54, 1.807) is 7.11 Å². The van der Waals surface area contributed by atoms with Crippen LogP contribution in [0, 0.1) is 12.8 Å². The average Bonchev–Trinajstić information content (AvgIpc) is 2.82. The number of ether oxygens (including phenoxy) is 1. The Balaban J connectivity index is 1.58. The number of likely N-dealkylation sites (N-methyl/N-ethyl adjacent to an activating group) is 1. The Morgan fingerprint density at radius 2 is 1.84 bits per heavy atom. The number of hydrogen-bond donors (Lipinski definition) is 2. The monoisotopic (exact) mass is 437 g/mol. The highest BCUT2D eigenvalue weighted by Crippen LogP contribution is 2.27. The second-order valence-corrected chi connectivity index (χ2v) is 8.41. The summed E-state index contributed by atoms with van der Waals surface area (Å²) < 4.78 is 5.19. The fourth-order valence-corrected chi connectivity index (χ4v) is 4.34. The zero-order valence-electron chi connectivity index (χ0n) is 19.4. The quantitative estimate of drug-likeness (QED) is 0.615. The molecule has 6 heteroatoms. The molecule has 0 aliphatic heterocycles. The van der Waals surface area contributed by atoms with E-state index in [2.05, 4.69) is 10.6 Å². The molecule has 2 atom stereocenters. The molecule has 3 rings (SSSR count). The maximum atomic E-state index is 13.4. The van der Waals surface area contributed by atoms with E-state index in [0.29, 0.717) is 25.2 Å². The molecule has 2 unspecified atom stereocenters. The number of carbonyl (C=O) groups is 2. The van der Waals surface area contributed by atoms with Crippen molar-refractivity contribution in [3.63, 3.8) is 0 Å². The zero-order chi connectivity index (χ0) is 22.9. The molecule has 1 aliphatic rings. The highest BCUT2D eigenvalue weighted by atomic mass is 16.5. The topological polar surface area (TPSA) is 70.7 Å². The molecule has 32 heavy (non-hydrogen) atoms. The molecule has 172 valence electrons. The Labute approximate surface area is 191 Å². The molecule has 0 bridgehead atoms. The van der Waals surface area contributed by atoms with Crippen LogP contribution in [-0.4, -0.2) is 49.5 Å². The van der Waals surface area contributed by atoms with E-state index in [-0.39, 0.29) is 23.8 Å². The van der Waals surface area contributed by atoms with Gasteiger partial charge in [0.2, 0.25) is 5.91 Å². The van der Waals surface area contributed by atoms with E-state index >= 15 is 0 Å². The first-order valence-electron chi connectivity index (χ1n) is 11.6. The van der Waals surface area contributed by atoms with Crippen LogP contribution in [0.15, 0.2) is 48.5 Å². The summed E-state index contributed by atoms with van der Waals surface area (Å²) in [5.41, 5.74) is 2.70. The summed E-state index contributed by atoms with van der Waals surface area (Å²) in [5.74, 6) is 0.691. The first-order chi connectivity index (χ1) is 15.5. The molecule has 0 radical (unpaired) electrons. The molecule has 6 nitrogen and oxygen atoms in total. The van der Waals surface area contributed by atoms with Gasteiger partial charge in [0.25, 0.3) is 5.91 Å². The Bertz CT molecular complexity index is 897. The SMILES string of the molecule is CCN(CCNc1ccc(OC)cc1)C(=O)C1CCCCC1NC(=O)c1cccc(C)c1. The van der Waals surface area contributed by atoms with Crippen LogP contribution < -0.4 is 15.4 Å². The second-order valence-electron chi connectivity index (χ2n) is 8.41. The first-order valence-corrected chi connectivity index (χ1v) is 11.6. The number of hydrogen-bond acceptors (Lipinski definition) is 4. The van der Waals surface area contributed by atoms with Gasteiger partial charge in [-0.2, -0.15) is 0 Å². The van der Waals surface area contributed by atoms with E-state index in [9.17, 15) is 9.59 Å². The van der Waals surface area contributed by atoms with Crippen molar-refractivity contribution in [3.05, 3.63) is 59.7 Å². The third-order valence-electron chi connectivity index (χ3n) is 6.17. The smallest absolute Gasteiger partial charge is 0.251 e. The number of carbonyl (C=O) groups excluding carboxylic acids is 2. The third kappa shape index (κ3) is 6.25. The van der Waals surface area contributed by atoms with Crippen molar-refractivity contribution < 1.29 is 14.3 Å². The minimum Gasteiger partial charge on any atom is -0.497 e. The number of methoxy groups -OCH3 is 1. The van der Waals surface area contributed by atoms with Gasteiger partial charge in [0.1, 0.15) is 5.75 Å². The lowest BCUT2D eigenvalue weighted by molar-refractivity contribution is -0.137. The summed E-state index contributed by atoms with van der Waals surface area (Å²) in [6.07, 6.45) is 3.72. The number of nitrogens with one attached hydrogen (secondary N) is 2. The van der Waals surface area contributed by atoms with Gasteiger partial charge in [0, 0.05) is 36.9 Å². The van der Waals surface area contributed by atoms with Gasteiger partial charge in [-0.15, -0.1) is 0 Å². The molecule has 2 amide bonds. The average molecular weight is 438 g/mol. The standard InChI is InChI=1S/C26H35N3O3/c1-4-29(17-16-27-21-12-14-22(32-3)15-13-21)26(31)23-10-5-6-11-24(23)28-25(30)20-9-7-8-19(2)18-20/h7-9,12-15,18,23-24,27H,4-6,10-11,16-17H2,1-3H3,(H,28,30). The Hall–Kier alpha value is -3.02. The molecule has 0 saturated heterocycles. The molecule has 0 aromatic heterocycles. The van der Waals surface area contributed by atoms with Gasteiger partial charge >= 0.3 is 0 Å². The fraction of sp³-hybridized carbons (Fsp3) is 0.462. The van der Waals surface area contributed by atoms with Crippen molar-refractivity contribution in [2.45, 2.75) is 45.6 Å². The van der Waals surface area contributed by atoms with Gasteiger partial charge in [-0.05, 0) is 63.1 Å². The summed E-state index contributed by atoms with van der Waals surface area (Å²) in [5, 5.41) is 6.52. The summed E-state index contributed by atoms with van der Waals surface area (Å²) in [4.78, 5) is 28.1. The maximum Gasteiger partial charge on any atom is 0.251 e. The molecule has 2 aromatic carbocycles. The highest BCUT2D eigenvalue weighted by molar-refractivity contribution is 5.95. The van der Waals surface area contributed by atoms with Gasteiger partial charge in [0.05, 0.1) is 13.0 Å². The van der Waals surface area contributed by atoms with Crippen molar-refractivity contribution in [2.75, 3.05) is 32.1 Å². The van der Waals surface area contributed by atoms with Crippen LogP contribution in [0.4, 0.5) is 5.69 Å². The highest BCUT2D eigenvalue weighted by Gasteiger charge is 2.34. The van der Waals surface area contributed by atoms with Crippen LogP contribution >= 0.6 is 0 Å². The van der Waals surface area contributed by atoms with Crippen LogP contribution in [0.2, 0.25) is 0 Å². The molecular weight excluding hydrogens is 402 g/mol. The number of anilines is 1. The van der Waals surface area contributed by atoms with Crippen LogP contribution in [0.3, 0.4) is 0 Å². The van der Waals surface area contributed by atoms with E-state index < -0.39 is 0 Å². The minimum atomic E-state index is -0.168. The Morgan fingerprint density at radius 1 is 1.09 bits per heavy atom. The van der Waals surface area contributed by atoms with Gasteiger partial charge in [-0.3, -0.25) is 9.59 Å². The minimum absolute atomic E-state index is 0.0948. The lowest BCUT2D eigenvalue weighted by Crippen LogP contribution is -2.50. The van der Waals surface area contributed by atoms with E-state index in [4.69, 9.17) is 4.74 Å². The molecule has 1 saturated carbocycles. The van der Waals surface area contributed by atoms with Gasteiger partial charge < -0.3 is 20.3 Å². The van der Waals surface area contributed by atoms with E-state index in [0.717, 1.165) is 42.7 Å². The summed E-state index contributed by atoms with van der Waals surface area (Å²) >= 11 is 0. The number of rotatable bonds is 9. The summed E-state index contributed by atoms with van der Waals surface area (Å²) in [6.45, 7) is 5.92. The van der Waals surface area contributed by atoms with Crippen molar-refractivity contribution in [1.82, 2.24) is 10.2 Å². The Morgan fingerprint density at radius 3 is 2.53 bits per heavy atom. The molecule has 2 aromatic rings. The van der Waals surface area contributed by atoms with Crippen LogP contribution in [0.5, 0.6) is 5.75 Å². The number of nitrogens with zero attached hydrogens (tertiary/aromatic N) is 1. The van der Waals surface area contributed by atoms with Crippen LogP contribution in [0.1, 0.15) is 48.5 Å². The predicted molar refractivity (Wildman–Crippen MR) is 128 cm³/mol. The van der Waals surface area contributed by atoms with Gasteiger partial charge in [0.15, 0.2) is 0 Å². The predicted octanol–water partition coefficient (Wildman–Crippen LogP) is 4.25. The van der Waals surface area contributed by atoms with Gasteiger partial charge in [-0.25, -0.2) is 0 Å². The first kappa shape index (κ1) is 23.6. The normalized spacial score (nSPS) is 18.0. The van der Waals surface area contributed by atoms with Crippen LogP contribution in [0.25, 0.3) is 0 Å². The molecule has 1 aliphatic carbocycles. The van der Waals surface area contributed by atoms with Crippen molar-refractivity contribution >= 4 is 17.5 Å². The molecule has 2 N–H and O–H groups in total. The maximum absolute atomic E-state index is 13.4. The molecule has 0 spiro atoms. The lowest BCUT2D eigenvalue weighted by atomic mass is 9.83. The molecule has 0 heterocycles. The largest absolute Gasteiger partial charge is 0.497 e. The van der Waals surface area contributed by atoms with Crippen LogP contribution in [-0.2, 0) is 4.79 Å². The molecule has 1 fully saturated rings. The Kier molecular flexibility index (Phi) is 8.54. The lowest BCUT2D eigenvalue weighted by Gasteiger charge is -2.35. The van der Waals surface area contributed by atoms with Crippen molar-refractivity contribution in [1.29, 1.82) is 0 Å². The number of benzene rings is 2. The zero-order valence-corrected chi connectivity index (χ0v) is 19.4. The fourth-order valence-electron chi connectivity index (χ4n) is 4.34. The van der Waals surface area contributed by atoms with Crippen molar-refractivity contribution in [3.8, 4) is 5.75 Å². The number of amides is 2. The van der Waals surface area contributed by atoms with E-state index in [1.165, 1.54) is 0 Å².